The molecule has 0 aromatic heterocycles. The molecule has 2 rings (SSSR count). The number of amides is 2. The molecular weight excluding hydrogens is 325 g/mol. The lowest BCUT2D eigenvalue weighted by Crippen LogP contribution is -2.16. The molecule has 0 atom stereocenters. The molecule has 0 saturated carbocycles. The number of hydrogen-bond acceptors (Lipinski definition) is 3. The fraction of sp³-hybridized carbons (Fsp3) is 0.125. The van der Waals surface area contributed by atoms with E-state index in [0.717, 1.165) is 19.1 Å². The third kappa shape index (κ3) is 3.83. The predicted octanol–water partition coefficient (Wildman–Crippen LogP) is 3.32. The standard InChI is InChI=1S/C16H13F3N2O3/c1-8(22)20-14-7-15(13(19)6-12(14)18)21-16(23)10-4-3-9(24-2)5-11(10)17/h3-7H,1-2H3,(H,20,22)(H,21,23). The molecule has 24 heavy (non-hydrogen) atoms. The van der Waals surface area contributed by atoms with Crippen LogP contribution in [-0.2, 0) is 4.79 Å². The molecule has 0 heterocycles. The van der Waals surface area contributed by atoms with Crippen LogP contribution in [0.4, 0.5) is 24.5 Å². The van der Waals surface area contributed by atoms with Gasteiger partial charge in [-0.1, -0.05) is 0 Å². The zero-order chi connectivity index (χ0) is 17.9. The van der Waals surface area contributed by atoms with Gasteiger partial charge in [-0.05, 0) is 18.2 Å². The fourth-order valence-electron chi connectivity index (χ4n) is 1.93. The summed E-state index contributed by atoms with van der Waals surface area (Å²) in [5, 5.41) is 4.29. The van der Waals surface area contributed by atoms with Crippen LogP contribution in [0.3, 0.4) is 0 Å². The number of nitrogens with one attached hydrogen (secondary N) is 2. The number of methoxy groups -OCH3 is 1. The van der Waals surface area contributed by atoms with Crippen molar-refractivity contribution in [1.29, 1.82) is 0 Å². The Balaban J connectivity index is 2.30. The number of rotatable bonds is 4. The summed E-state index contributed by atoms with van der Waals surface area (Å²) in [5.74, 6) is -4.23. The molecule has 5 nitrogen and oxygen atoms in total. The fourth-order valence-corrected chi connectivity index (χ4v) is 1.93. The second-order valence-electron chi connectivity index (χ2n) is 4.79. The summed E-state index contributed by atoms with van der Waals surface area (Å²) in [6, 6.07) is 4.94. The zero-order valence-electron chi connectivity index (χ0n) is 12.7. The second kappa shape index (κ2) is 7.03. The maximum absolute atomic E-state index is 13.9. The van der Waals surface area contributed by atoms with E-state index in [0.29, 0.717) is 6.07 Å². The molecule has 0 aliphatic carbocycles. The highest BCUT2D eigenvalue weighted by molar-refractivity contribution is 6.05. The van der Waals surface area contributed by atoms with Crippen LogP contribution < -0.4 is 15.4 Å². The van der Waals surface area contributed by atoms with Gasteiger partial charge in [-0.15, -0.1) is 0 Å². The van der Waals surface area contributed by atoms with Gasteiger partial charge in [-0.3, -0.25) is 9.59 Å². The van der Waals surface area contributed by atoms with Gasteiger partial charge < -0.3 is 15.4 Å². The van der Waals surface area contributed by atoms with E-state index in [1.54, 1.807) is 0 Å². The molecule has 0 radical (unpaired) electrons. The smallest absolute Gasteiger partial charge is 0.258 e. The predicted molar refractivity (Wildman–Crippen MR) is 81.6 cm³/mol. The minimum Gasteiger partial charge on any atom is -0.497 e. The van der Waals surface area contributed by atoms with Gasteiger partial charge in [0.1, 0.15) is 23.2 Å². The van der Waals surface area contributed by atoms with Gasteiger partial charge in [0.05, 0.1) is 24.0 Å². The maximum Gasteiger partial charge on any atom is 0.258 e. The molecule has 0 fully saturated rings. The molecule has 2 amide bonds. The summed E-state index contributed by atoms with van der Waals surface area (Å²) >= 11 is 0. The lowest BCUT2D eigenvalue weighted by Gasteiger charge is -2.11. The quantitative estimate of drug-likeness (QED) is 0.899. The Morgan fingerprint density at radius 2 is 1.54 bits per heavy atom. The third-order valence-corrected chi connectivity index (χ3v) is 3.04. The Bertz CT molecular complexity index is 809. The van der Waals surface area contributed by atoms with Crippen molar-refractivity contribution in [3.05, 3.63) is 53.3 Å². The molecule has 0 aliphatic heterocycles. The first-order chi connectivity index (χ1) is 11.3. The van der Waals surface area contributed by atoms with E-state index in [9.17, 15) is 22.8 Å². The van der Waals surface area contributed by atoms with Crippen molar-refractivity contribution in [1.82, 2.24) is 0 Å². The van der Waals surface area contributed by atoms with Crippen LogP contribution in [0.15, 0.2) is 30.3 Å². The third-order valence-electron chi connectivity index (χ3n) is 3.04. The molecule has 0 aliphatic rings. The van der Waals surface area contributed by atoms with Crippen molar-refractivity contribution in [2.24, 2.45) is 0 Å². The van der Waals surface area contributed by atoms with Crippen LogP contribution >= 0.6 is 0 Å². The molecule has 0 saturated heterocycles. The number of carbonyl (C=O) groups is 2. The first-order valence-corrected chi connectivity index (χ1v) is 6.73. The van der Waals surface area contributed by atoms with Crippen molar-refractivity contribution in [3.8, 4) is 5.75 Å². The highest BCUT2D eigenvalue weighted by Gasteiger charge is 2.17. The van der Waals surface area contributed by atoms with Gasteiger partial charge in [0, 0.05) is 19.1 Å². The first kappa shape index (κ1) is 17.3. The van der Waals surface area contributed by atoms with Crippen molar-refractivity contribution in [2.45, 2.75) is 6.92 Å². The Morgan fingerprint density at radius 1 is 0.917 bits per heavy atom. The minimum absolute atomic E-state index is 0.213. The summed E-state index contributed by atoms with van der Waals surface area (Å²) in [7, 11) is 1.34. The lowest BCUT2D eigenvalue weighted by atomic mass is 10.1. The molecule has 2 aromatic carbocycles. The SMILES string of the molecule is COc1ccc(C(=O)Nc2cc(NC(C)=O)c(F)cc2F)c(F)c1. The van der Waals surface area contributed by atoms with Crippen LogP contribution in [-0.4, -0.2) is 18.9 Å². The number of halogens is 3. The summed E-state index contributed by atoms with van der Waals surface area (Å²) < 4.78 is 46.0. The van der Waals surface area contributed by atoms with E-state index in [-0.39, 0.29) is 17.0 Å². The monoisotopic (exact) mass is 338 g/mol. The summed E-state index contributed by atoms with van der Waals surface area (Å²) in [5.41, 5.74) is -1.06. The maximum atomic E-state index is 13.9. The Kier molecular flexibility index (Phi) is 5.08. The molecule has 2 N–H and O–H groups in total. The normalized spacial score (nSPS) is 10.2. The van der Waals surface area contributed by atoms with Crippen LogP contribution in [0, 0.1) is 17.5 Å². The molecule has 8 heteroatoms. The van der Waals surface area contributed by atoms with Crippen LogP contribution in [0.1, 0.15) is 17.3 Å². The van der Waals surface area contributed by atoms with Crippen molar-refractivity contribution in [3.63, 3.8) is 0 Å². The van der Waals surface area contributed by atoms with Crippen molar-refractivity contribution >= 4 is 23.2 Å². The van der Waals surface area contributed by atoms with Crippen LogP contribution in [0.2, 0.25) is 0 Å². The summed E-state index contributed by atoms with van der Waals surface area (Å²) in [6.07, 6.45) is 0. The molecule has 0 spiro atoms. The summed E-state index contributed by atoms with van der Waals surface area (Å²) in [6.45, 7) is 1.15. The topological polar surface area (TPSA) is 67.4 Å². The Morgan fingerprint density at radius 3 is 2.08 bits per heavy atom. The van der Waals surface area contributed by atoms with Gasteiger partial charge in [-0.25, -0.2) is 13.2 Å². The van der Waals surface area contributed by atoms with Crippen molar-refractivity contribution < 1.29 is 27.5 Å². The number of anilines is 2. The Labute approximate surface area is 135 Å². The minimum atomic E-state index is -1.07. The van der Waals surface area contributed by atoms with E-state index < -0.39 is 35.0 Å². The largest absolute Gasteiger partial charge is 0.497 e. The van der Waals surface area contributed by atoms with Gasteiger partial charge in [0.25, 0.3) is 5.91 Å². The van der Waals surface area contributed by atoms with Gasteiger partial charge in [-0.2, -0.15) is 0 Å². The van der Waals surface area contributed by atoms with Crippen LogP contribution in [0.5, 0.6) is 5.75 Å². The first-order valence-electron chi connectivity index (χ1n) is 6.73. The lowest BCUT2D eigenvalue weighted by molar-refractivity contribution is -0.114. The number of hydrogen-bond donors (Lipinski definition) is 2. The van der Waals surface area contributed by atoms with E-state index in [1.165, 1.54) is 19.2 Å². The summed E-state index contributed by atoms with van der Waals surface area (Å²) in [4.78, 5) is 23.1. The van der Waals surface area contributed by atoms with E-state index >= 15 is 0 Å². The van der Waals surface area contributed by atoms with E-state index in [2.05, 4.69) is 10.6 Å². The Hall–Kier alpha value is -3.03. The van der Waals surface area contributed by atoms with Crippen molar-refractivity contribution in [2.75, 3.05) is 17.7 Å². The second-order valence-corrected chi connectivity index (χ2v) is 4.79. The number of carbonyl (C=O) groups excluding carboxylic acids is 2. The van der Waals surface area contributed by atoms with Gasteiger partial charge >= 0.3 is 0 Å². The zero-order valence-corrected chi connectivity index (χ0v) is 12.7. The van der Waals surface area contributed by atoms with E-state index in [4.69, 9.17) is 4.74 Å². The average Bonchev–Trinajstić information content (AvgIpc) is 2.51. The molecule has 2 aromatic rings. The van der Waals surface area contributed by atoms with Crippen LogP contribution in [0.25, 0.3) is 0 Å². The molecule has 0 unspecified atom stereocenters. The molecule has 0 bridgehead atoms. The average molecular weight is 338 g/mol. The highest BCUT2D eigenvalue weighted by atomic mass is 19.1. The molecular formula is C16H13F3N2O3. The molecule has 126 valence electrons. The highest BCUT2D eigenvalue weighted by Crippen LogP contribution is 2.25. The number of ether oxygens (including phenoxy) is 1. The number of benzene rings is 2. The van der Waals surface area contributed by atoms with Gasteiger partial charge in [0.15, 0.2) is 0 Å². The van der Waals surface area contributed by atoms with Gasteiger partial charge in [0.2, 0.25) is 5.91 Å². The van der Waals surface area contributed by atoms with E-state index in [1.807, 2.05) is 0 Å².